The van der Waals surface area contributed by atoms with Gasteiger partial charge in [0, 0.05) is 105 Å². The van der Waals surface area contributed by atoms with E-state index in [4.69, 9.17) is 0 Å². The minimum absolute atomic E-state index is 0.233. The Labute approximate surface area is 408 Å². The average molecular weight is 906 g/mol. The first kappa shape index (κ1) is 59.8. The quantitative estimate of drug-likeness (QED) is 0.157. The third kappa shape index (κ3) is 17.4. The fourth-order valence-corrected chi connectivity index (χ4v) is 8.41. The summed E-state index contributed by atoms with van der Waals surface area (Å²) in [5.41, 5.74) is 17.9. The number of aromatic nitrogens is 5. The van der Waals surface area contributed by atoms with Crippen LogP contribution in [-0.4, -0.2) is 0 Å². The second-order valence-electron chi connectivity index (χ2n) is 24.6. The molecule has 0 radical (unpaired) electrons. The van der Waals surface area contributed by atoms with Gasteiger partial charge in [-0.1, -0.05) is 132 Å². The second kappa shape index (κ2) is 23.7. The van der Waals surface area contributed by atoms with Gasteiger partial charge in [-0.3, -0.25) is 0 Å². The average Bonchev–Trinajstić information content (AvgIpc) is 3.15. The highest BCUT2D eigenvalue weighted by atomic mass is 15.0. The number of hydrogen-bond donors (Lipinski definition) is 0. The van der Waals surface area contributed by atoms with E-state index in [0.717, 1.165) is 0 Å². The molecule has 0 unspecified atom stereocenters. The molecule has 0 atom stereocenters. The monoisotopic (exact) mass is 905 g/mol. The van der Waals surface area contributed by atoms with Crippen LogP contribution in [0.5, 0.6) is 0 Å². The normalized spacial score (nSPS) is 12.0. The molecule has 5 heteroatoms. The second-order valence-corrected chi connectivity index (χ2v) is 24.6. The zero-order valence-electron chi connectivity index (χ0n) is 48.4. The van der Waals surface area contributed by atoms with Crippen molar-refractivity contribution in [1.82, 2.24) is 0 Å². The van der Waals surface area contributed by atoms with Gasteiger partial charge in [0.1, 0.15) is 35.2 Å². The highest BCUT2D eigenvalue weighted by molar-refractivity contribution is 5.27. The maximum atomic E-state index is 2.32. The van der Waals surface area contributed by atoms with E-state index in [1.807, 2.05) is 0 Å². The lowest BCUT2D eigenvalue weighted by molar-refractivity contribution is -0.686. The first-order chi connectivity index (χ1) is 29.8. The standard InChI is InChI=1S/C14H24N.C13H22N.C12H20N.2C11H18N/c1-10(2)13-9-8-12(14(4,5)6)11(3)15(13)7;1-10(2)12-11(13(3,4)5)8-7-9-14(12)6;1-9-7-8-11(12(3,4)5)10(2)13(9)6;1-9-6-7-10(8-12(9)5)11(2,3)4;1-9-10(11(2,3)4)7-6-8-12(9)5/h8-10H,1-7H3;7-10H,1-6H3;7-8H,1-6H3;2*6-8H,1-5H3/q5*+1. The molecule has 0 amide bonds. The molecule has 5 rings (SSSR count). The van der Waals surface area contributed by atoms with Crippen LogP contribution in [0.15, 0.2) is 79.3 Å². The van der Waals surface area contributed by atoms with Gasteiger partial charge in [0.25, 0.3) is 0 Å². The van der Waals surface area contributed by atoms with Gasteiger partial charge in [0.05, 0.1) is 0 Å². The minimum atomic E-state index is 0.233. The van der Waals surface area contributed by atoms with Crippen molar-refractivity contribution in [3.63, 3.8) is 0 Å². The molecule has 366 valence electrons. The maximum Gasteiger partial charge on any atom is 0.187 e. The maximum absolute atomic E-state index is 2.32. The number of rotatable bonds is 2. The minimum Gasteiger partial charge on any atom is -0.205 e. The molecule has 0 aromatic carbocycles. The van der Waals surface area contributed by atoms with Crippen LogP contribution < -0.4 is 22.8 Å². The summed E-state index contributed by atoms with van der Waals surface area (Å²) in [6.07, 6.45) is 6.42. The molecular formula is C61H102N5+5. The van der Waals surface area contributed by atoms with Gasteiger partial charge >= 0.3 is 0 Å². The van der Waals surface area contributed by atoms with Crippen LogP contribution in [0.3, 0.4) is 0 Å². The fourth-order valence-electron chi connectivity index (χ4n) is 8.41. The van der Waals surface area contributed by atoms with Crippen LogP contribution in [0.4, 0.5) is 0 Å². The number of pyridine rings is 5. The van der Waals surface area contributed by atoms with Crippen molar-refractivity contribution in [3.8, 4) is 0 Å². The van der Waals surface area contributed by atoms with Gasteiger partial charge in [-0.25, -0.2) is 22.8 Å². The largest absolute Gasteiger partial charge is 0.205 e. The molecule has 5 aromatic rings. The summed E-state index contributed by atoms with van der Waals surface area (Å²) in [6.45, 7) is 53.6. The SMILES string of the molecule is CC(C)c1c(C(C)(C)C)ccc[n+]1C.Cc1c(C(C)(C)C)ccc(C(C)C)[n+]1C.Cc1c(C(C)(C)C)ccc[n+]1C.Cc1ccc(C(C)(C)C)c(C)[n+]1C.Cc1ccc(C(C)(C)C)c[n+]1C. The van der Waals surface area contributed by atoms with Crippen molar-refractivity contribution in [2.75, 3.05) is 0 Å². The Morgan fingerprint density at radius 2 is 0.758 bits per heavy atom. The van der Waals surface area contributed by atoms with Crippen LogP contribution in [-0.2, 0) is 62.3 Å². The zero-order valence-corrected chi connectivity index (χ0v) is 48.4. The van der Waals surface area contributed by atoms with E-state index < -0.39 is 0 Å². The molecule has 0 aliphatic carbocycles. The van der Waals surface area contributed by atoms with Gasteiger partial charge in [0.2, 0.25) is 0 Å². The van der Waals surface area contributed by atoms with Crippen LogP contribution in [0.25, 0.3) is 0 Å². The van der Waals surface area contributed by atoms with Crippen molar-refractivity contribution in [2.24, 2.45) is 35.2 Å². The topological polar surface area (TPSA) is 19.4 Å². The summed E-state index contributed by atoms with van der Waals surface area (Å²) in [5.74, 6) is 1.16. The Morgan fingerprint density at radius 3 is 1.14 bits per heavy atom. The zero-order chi connectivity index (χ0) is 51.7. The Kier molecular flexibility index (Phi) is 21.4. The van der Waals surface area contributed by atoms with Gasteiger partial charge in [-0.15, -0.1) is 0 Å². The molecule has 0 spiro atoms. The Balaban J connectivity index is 0.000000414. The highest BCUT2D eigenvalue weighted by Crippen LogP contribution is 2.29. The summed E-state index contributed by atoms with van der Waals surface area (Å²) in [7, 11) is 10.6. The van der Waals surface area contributed by atoms with Crippen LogP contribution in [0.2, 0.25) is 0 Å². The van der Waals surface area contributed by atoms with Crippen LogP contribution in [0, 0.1) is 34.6 Å². The summed E-state index contributed by atoms with van der Waals surface area (Å²) in [5, 5.41) is 0. The van der Waals surface area contributed by atoms with Gasteiger partial charge in [0.15, 0.2) is 58.4 Å². The molecule has 5 heterocycles. The van der Waals surface area contributed by atoms with E-state index in [1.165, 1.54) is 67.7 Å². The molecule has 0 bridgehead atoms. The third-order valence-corrected chi connectivity index (χ3v) is 13.0. The third-order valence-electron chi connectivity index (χ3n) is 13.0. The Bertz CT molecular complexity index is 2330. The smallest absolute Gasteiger partial charge is 0.187 e. The molecule has 0 fully saturated rings. The Hall–Kier alpha value is -4.25. The van der Waals surface area contributed by atoms with E-state index in [9.17, 15) is 0 Å². The van der Waals surface area contributed by atoms with Crippen LogP contribution in [0.1, 0.15) is 211 Å². The lowest BCUT2D eigenvalue weighted by Crippen LogP contribution is -2.40. The van der Waals surface area contributed by atoms with Gasteiger partial charge < -0.3 is 0 Å². The van der Waals surface area contributed by atoms with Crippen molar-refractivity contribution in [2.45, 2.75) is 205 Å². The van der Waals surface area contributed by atoms with Crippen molar-refractivity contribution in [3.05, 3.63) is 147 Å². The number of nitrogens with zero attached hydrogens (tertiary/aromatic N) is 5. The molecular weight excluding hydrogens is 803 g/mol. The van der Waals surface area contributed by atoms with Crippen molar-refractivity contribution < 1.29 is 22.8 Å². The van der Waals surface area contributed by atoms with Crippen molar-refractivity contribution in [1.29, 1.82) is 0 Å². The molecule has 0 aliphatic rings. The van der Waals surface area contributed by atoms with Gasteiger partial charge in [-0.05, 0) is 57.4 Å². The lowest BCUT2D eigenvalue weighted by atomic mass is 9.83. The molecule has 5 nitrogen and oxygen atoms in total. The number of aryl methyl sites for hydroxylation is 5. The molecule has 66 heavy (non-hydrogen) atoms. The highest BCUT2D eigenvalue weighted by Gasteiger charge is 2.27. The van der Waals surface area contributed by atoms with E-state index in [1.54, 1.807) is 0 Å². The van der Waals surface area contributed by atoms with E-state index in [-0.39, 0.29) is 27.1 Å². The first-order valence-corrected chi connectivity index (χ1v) is 24.6. The summed E-state index contributed by atoms with van der Waals surface area (Å²) in [6, 6.07) is 22.0. The summed E-state index contributed by atoms with van der Waals surface area (Å²) in [4.78, 5) is 0. The van der Waals surface area contributed by atoms with Gasteiger partial charge in [-0.2, -0.15) is 0 Å². The fraction of sp³-hybridized carbons (Fsp3) is 0.590. The van der Waals surface area contributed by atoms with E-state index >= 15 is 0 Å². The molecule has 0 saturated carbocycles. The summed E-state index contributed by atoms with van der Waals surface area (Å²) >= 11 is 0. The van der Waals surface area contributed by atoms with Crippen LogP contribution >= 0.6 is 0 Å². The predicted octanol–water partition coefficient (Wildman–Crippen LogP) is 12.8. The molecule has 0 N–H and O–H groups in total. The van der Waals surface area contributed by atoms with Crippen molar-refractivity contribution >= 4 is 0 Å². The first-order valence-electron chi connectivity index (χ1n) is 24.6. The summed E-state index contributed by atoms with van der Waals surface area (Å²) < 4.78 is 11.2. The van der Waals surface area contributed by atoms with E-state index in [2.05, 4.69) is 303 Å². The molecule has 0 saturated heterocycles. The Morgan fingerprint density at radius 1 is 0.364 bits per heavy atom. The lowest BCUT2D eigenvalue weighted by Gasteiger charge is -2.21. The molecule has 0 aliphatic heterocycles. The number of hydrogen-bond acceptors (Lipinski definition) is 0. The predicted molar refractivity (Wildman–Crippen MR) is 283 cm³/mol. The van der Waals surface area contributed by atoms with E-state index in [0.29, 0.717) is 11.8 Å². The molecule has 5 aromatic heterocycles.